The smallest absolute Gasteiger partial charge is 0.248 e. The molecule has 8 heteroatoms. The molecule has 0 radical (unpaired) electrons. The van der Waals surface area contributed by atoms with E-state index in [1.54, 1.807) is 18.0 Å². The number of aryl methyl sites for hydroxylation is 1. The van der Waals surface area contributed by atoms with Crippen molar-refractivity contribution in [2.75, 3.05) is 19.6 Å². The van der Waals surface area contributed by atoms with Gasteiger partial charge in [-0.2, -0.15) is 4.73 Å². The van der Waals surface area contributed by atoms with Crippen LogP contribution in [0.3, 0.4) is 0 Å². The number of hydrogen-bond acceptors (Lipinski definition) is 5. The van der Waals surface area contributed by atoms with E-state index in [2.05, 4.69) is 17.1 Å². The Kier molecular flexibility index (Phi) is 7.77. The van der Waals surface area contributed by atoms with E-state index >= 15 is 0 Å². The van der Waals surface area contributed by atoms with Crippen LogP contribution >= 0.6 is 0 Å². The van der Waals surface area contributed by atoms with Crippen LogP contribution in [0.15, 0.2) is 18.3 Å². The van der Waals surface area contributed by atoms with Crippen LogP contribution in [0.4, 0.5) is 0 Å². The highest BCUT2D eigenvalue weighted by atomic mass is 16.5. The van der Waals surface area contributed by atoms with Crippen molar-refractivity contribution in [2.45, 2.75) is 95.9 Å². The molecule has 1 aliphatic carbocycles. The minimum Gasteiger partial charge on any atom is -0.619 e. The average molecular weight is 473 g/mol. The first kappa shape index (κ1) is 24.9. The molecule has 2 N–H and O–H groups in total. The Balaban J connectivity index is 1.47. The molecule has 0 aromatic carbocycles. The average Bonchev–Trinajstić information content (AvgIpc) is 2.85. The number of hydrogen-bond donors (Lipinski definition) is 2. The zero-order valence-corrected chi connectivity index (χ0v) is 20.7. The Morgan fingerprint density at radius 1 is 1.21 bits per heavy atom. The van der Waals surface area contributed by atoms with Gasteiger partial charge in [-0.15, -0.1) is 0 Å². The van der Waals surface area contributed by atoms with Crippen LogP contribution in [-0.4, -0.2) is 64.0 Å². The number of rotatable bonds is 7. The number of aromatic nitrogens is 1. The molecule has 34 heavy (non-hydrogen) atoms. The standard InChI is InChI=1S/C26H40N4O4/c1-3-4-14-29-24(32)22(23(31)21-8-6-5-7-9-21)27-25(33)26(29)12-15-28(16-13-26)17-20-11-10-19(2)30(34)18-20/h10-11,18,21-23,31H,3-9,12-17H2,1-2H3,(H,27,33)/t22-,23-/m1/s1. The largest absolute Gasteiger partial charge is 0.619 e. The maximum atomic E-state index is 13.7. The summed E-state index contributed by atoms with van der Waals surface area (Å²) in [6.07, 6.45) is 8.83. The van der Waals surface area contributed by atoms with Gasteiger partial charge in [-0.05, 0) is 44.1 Å². The lowest BCUT2D eigenvalue weighted by atomic mass is 9.78. The minimum absolute atomic E-state index is 0.0743. The second kappa shape index (κ2) is 10.6. The molecule has 1 spiro atoms. The van der Waals surface area contributed by atoms with Gasteiger partial charge in [0.1, 0.15) is 11.6 Å². The summed E-state index contributed by atoms with van der Waals surface area (Å²) in [5, 5.41) is 26.0. The van der Waals surface area contributed by atoms with Crippen LogP contribution < -0.4 is 10.0 Å². The predicted octanol–water partition coefficient (Wildman–Crippen LogP) is 2.03. The Bertz CT molecular complexity index is 878. The molecule has 2 atom stereocenters. The Labute approximate surface area is 202 Å². The van der Waals surface area contributed by atoms with E-state index < -0.39 is 17.7 Å². The number of aliphatic hydroxyl groups excluding tert-OH is 1. The van der Waals surface area contributed by atoms with Crippen molar-refractivity contribution in [3.8, 4) is 0 Å². The fourth-order valence-electron chi connectivity index (χ4n) is 5.98. The van der Waals surface area contributed by atoms with Gasteiger partial charge in [0.2, 0.25) is 11.8 Å². The van der Waals surface area contributed by atoms with Crippen molar-refractivity contribution in [2.24, 2.45) is 5.92 Å². The van der Waals surface area contributed by atoms with E-state index in [0.717, 1.165) is 48.8 Å². The predicted molar refractivity (Wildman–Crippen MR) is 129 cm³/mol. The van der Waals surface area contributed by atoms with E-state index in [1.807, 2.05) is 12.1 Å². The van der Waals surface area contributed by atoms with E-state index in [1.165, 1.54) is 6.42 Å². The lowest BCUT2D eigenvalue weighted by Gasteiger charge is -2.52. The van der Waals surface area contributed by atoms with Crippen LogP contribution in [0.1, 0.15) is 76.0 Å². The van der Waals surface area contributed by atoms with E-state index in [9.17, 15) is 19.9 Å². The first-order valence-electron chi connectivity index (χ1n) is 13.1. The summed E-state index contributed by atoms with van der Waals surface area (Å²) in [6, 6.07) is 2.96. The SMILES string of the molecule is CCCCN1C(=O)[C@@H]([C@H](O)C2CCCCC2)NC(=O)C12CCN(Cc1ccc(C)[n+]([O-])c1)CC2. The molecule has 188 valence electrons. The normalized spacial score (nSPS) is 24.9. The summed E-state index contributed by atoms with van der Waals surface area (Å²) in [6.45, 7) is 6.40. The molecule has 3 aliphatic rings. The van der Waals surface area contributed by atoms with Crippen LogP contribution in [0.2, 0.25) is 0 Å². The van der Waals surface area contributed by atoms with E-state index in [-0.39, 0.29) is 17.7 Å². The molecule has 3 heterocycles. The molecule has 1 aromatic rings. The van der Waals surface area contributed by atoms with Gasteiger partial charge in [0.25, 0.3) is 0 Å². The molecule has 2 amide bonds. The van der Waals surface area contributed by atoms with Gasteiger partial charge < -0.3 is 20.5 Å². The van der Waals surface area contributed by atoms with Crippen molar-refractivity contribution in [3.63, 3.8) is 0 Å². The van der Waals surface area contributed by atoms with Gasteiger partial charge in [-0.25, -0.2) is 0 Å². The number of nitrogens with zero attached hydrogens (tertiary/aromatic N) is 3. The molecule has 1 aromatic heterocycles. The molecule has 0 unspecified atom stereocenters. The van der Waals surface area contributed by atoms with Crippen molar-refractivity contribution >= 4 is 11.8 Å². The molecule has 8 nitrogen and oxygen atoms in total. The van der Waals surface area contributed by atoms with E-state index in [0.29, 0.717) is 44.7 Å². The molecule has 4 rings (SSSR count). The number of nitrogens with one attached hydrogen (secondary N) is 1. The third kappa shape index (κ3) is 4.93. The van der Waals surface area contributed by atoms with Crippen molar-refractivity contribution < 1.29 is 19.4 Å². The zero-order valence-electron chi connectivity index (χ0n) is 20.7. The lowest BCUT2D eigenvalue weighted by molar-refractivity contribution is -0.612. The fourth-order valence-corrected chi connectivity index (χ4v) is 5.98. The summed E-state index contributed by atoms with van der Waals surface area (Å²) in [4.78, 5) is 31.3. The fraction of sp³-hybridized carbons (Fsp3) is 0.731. The Hall–Kier alpha value is -2.19. The van der Waals surface area contributed by atoms with Gasteiger partial charge in [0, 0.05) is 44.7 Å². The number of piperidine rings is 1. The topological polar surface area (TPSA) is 99.8 Å². The maximum absolute atomic E-state index is 13.7. The molecule has 3 fully saturated rings. The van der Waals surface area contributed by atoms with Crippen LogP contribution in [-0.2, 0) is 16.1 Å². The molecule has 0 bridgehead atoms. The number of piperazine rings is 1. The number of likely N-dealkylation sites (tertiary alicyclic amines) is 1. The van der Waals surface area contributed by atoms with Crippen LogP contribution in [0, 0.1) is 18.0 Å². The molecular weight excluding hydrogens is 432 g/mol. The number of pyridine rings is 1. The number of amides is 2. The summed E-state index contributed by atoms with van der Waals surface area (Å²) in [5.74, 6) is -0.161. The van der Waals surface area contributed by atoms with Gasteiger partial charge in [0.15, 0.2) is 11.9 Å². The van der Waals surface area contributed by atoms with Crippen molar-refractivity contribution in [1.82, 2.24) is 15.1 Å². The van der Waals surface area contributed by atoms with E-state index in [4.69, 9.17) is 0 Å². The second-order valence-corrected chi connectivity index (χ2v) is 10.5. The highest BCUT2D eigenvalue weighted by Crippen LogP contribution is 2.36. The molecule has 1 saturated carbocycles. The first-order chi connectivity index (χ1) is 16.4. The lowest BCUT2D eigenvalue weighted by Crippen LogP contribution is -2.75. The molecule has 2 aliphatic heterocycles. The third-order valence-corrected chi connectivity index (χ3v) is 8.23. The highest BCUT2D eigenvalue weighted by molar-refractivity contribution is 6.00. The number of aliphatic hydroxyl groups is 1. The van der Waals surface area contributed by atoms with Crippen molar-refractivity contribution in [1.29, 1.82) is 0 Å². The monoisotopic (exact) mass is 472 g/mol. The van der Waals surface area contributed by atoms with Crippen LogP contribution in [0.5, 0.6) is 0 Å². The maximum Gasteiger partial charge on any atom is 0.248 e. The quantitative estimate of drug-likeness (QED) is 0.467. The number of unbranched alkanes of at least 4 members (excludes halogenated alkanes) is 1. The summed E-state index contributed by atoms with van der Waals surface area (Å²) in [5.41, 5.74) is 0.756. The van der Waals surface area contributed by atoms with Crippen LogP contribution in [0.25, 0.3) is 0 Å². The molecule has 2 saturated heterocycles. The zero-order chi connectivity index (χ0) is 24.3. The van der Waals surface area contributed by atoms with Gasteiger partial charge in [0.05, 0.1) is 6.10 Å². The first-order valence-corrected chi connectivity index (χ1v) is 13.1. The number of carbonyl (C=O) groups is 2. The third-order valence-electron chi connectivity index (χ3n) is 8.23. The summed E-state index contributed by atoms with van der Waals surface area (Å²) in [7, 11) is 0. The Morgan fingerprint density at radius 2 is 1.91 bits per heavy atom. The summed E-state index contributed by atoms with van der Waals surface area (Å²) >= 11 is 0. The van der Waals surface area contributed by atoms with Crippen molar-refractivity contribution in [3.05, 3.63) is 34.8 Å². The summed E-state index contributed by atoms with van der Waals surface area (Å²) < 4.78 is 0.887. The molecular formula is C26H40N4O4. The van der Waals surface area contributed by atoms with Gasteiger partial charge in [-0.1, -0.05) is 32.6 Å². The minimum atomic E-state index is -0.850. The second-order valence-electron chi connectivity index (χ2n) is 10.5. The highest BCUT2D eigenvalue weighted by Gasteiger charge is 2.55. The number of carbonyl (C=O) groups excluding carboxylic acids is 2. The van der Waals surface area contributed by atoms with Gasteiger partial charge >= 0.3 is 0 Å². The van der Waals surface area contributed by atoms with Gasteiger partial charge in [-0.3, -0.25) is 14.5 Å². The Morgan fingerprint density at radius 3 is 2.56 bits per heavy atom.